The molecule has 0 aliphatic carbocycles. The number of sulfone groups is 1. The lowest BCUT2D eigenvalue weighted by Gasteiger charge is -2.41. The van der Waals surface area contributed by atoms with Gasteiger partial charge in [0.05, 0.1) is 10.8 Å². The Labute approximate surface area is 193 Å². The highest BCUT2D eigenvalue weighted by atomic mass is 35.5. The van der Waals surface area contributed by atoms with Crippen LogP contribution in [-0.2, 0) is 14.6 Å². The molecule has 2 aliphatic rings. The van der Waals surface area contributed by atoms with Gasteiger partial charge in [-0.2, -0.15) is 0 Å². The van der Waals surface area contributed by atoms with Crippen molar-refractivity contribution in [2.24, 2.45) is 5.92 Å². The zero-order chi connectivity index (χ0) is 23.0. The van der Waals surface area contributed by atoms with E-state index in [1.165, 1.54) is 12.3 Å². The van der Waals surface area contributed by atoms with Gasteiger partial charge in [-0.3, -0.25) is 4.79 Å². The second-order valence-electron chi connectivity index (χ2n) is 8.47. The molecular weight excluding hydrogens is 450 g/mol. The van der Waals surface area contributed by atoms with Gasteiger partial charge in [0.2, 0.25) is 5.91 Å². The first-order valence-corrected chi connectivity index (χ1v) is 12.8. The Morgan fingerprint density at radius 1 is 1.03 bits per heavy atom. The minimum absolute atomic E-state index is 0.0109. The van der Waals surface area contributed by atoms with Crippen LogP contribution in [0.1, 0.15) is 17.9 Å². The van der Waals surface area contributed by atoms with Crippen molar-refractivity contribution in [2.75, 3.05) is 39.5 Å². The molecule has 2 aliphatic heterocycles. The maximum atomic E-state index is 12.7. The van der Waals surface area contributed by atoms with Crippen LogP contribution in [0.4, 0.5) is 4.79 Å². The second-order valence-corrected chi connectivity index (χ2v) is 10.9. The standard InChI is InChI=1S/C23H26ClN3O4S/c1-25-22(28)17-9-10-26(12-17)23(29)27-13-18(14-27)15-3-5-16(6-4-15)20-8-7-19(24)11-21(20)32(2,30)31/h3-8,11,17-18H,9-10,12-14H2,1-2H3,(H,25,28)/t17-/m0/s1. The molecule has 0 bridgehead atoms. The smallest absolute Gasteiger partial charge is 0.320 e. The summed E-state index contributed by atoms with van der Waals surface area (Å²) >= 11 is 6.00. The average Bonchev–Trinajstić information content (AvgIpc) is 3.22. The molecule has 3 amide bonds. The lowest BCUT2D eigenvalue weighted by Crippen LogP contribution is -2.53. The summed E-state index contributed by atoms with van der Waals surface area (Å²) < 4.78 is 24.3. The fourth-order valence-corrected chi connectivity index (χ4v) is 5.54. The maximum absolute atomic E-state index is 12.7. The van der Waals surface area contributed by atoms with Crippen molar-refractivity contribution in [3.8, 4) is 11.1 Å². The largest absolute Gasteiger partial charge is 0.359 e. The quantitative estimate of drug-likeness (QED) is 0.736. The molecule has 4 rings (SSSR count). The molecule has 2 fully saturated rings. The van der Waals surface area contributed by atoms with E-state index in [-0.39, 0.29) is 28.7 Å². The number of hydrogen-bond acceptors (Lipinski definition) is 4. The van der Waals surface area contributed by atoms with Crippen molar-refractivity contribution >= 4 is 33.4 Å². The average molecular weight is 476 g/mol. The van der Waals surface area contributed by atoms with Gasteiger partial charge in [0.15, 0.2) is 9.84 Å². The van der Waals surface area contributed by atoms with Crippen LogP contribution in [0.3, 0.4) is 0 Å². The van der Waals surface area contributed by atoms with E-state index in [1.54, 1.807) is 24.1 Å². The summed E-state index contributed by atoms with van der Waals surface area (Å²) in [6.07, 6.45) is 1.87. The molecule has 0 spiro atoms. The number of nitrogens with zero attached hydrogens (tertiary/aromatic N) is 2. The number of likely N-dealkylation sites (tertiary alicyclic amines) is 2. The highest BCUT2D eigenvalue weighted by Crippen LogP contribution is 2.33. The van der Waals surface area contributed by atoms with Crippen LogP contribution in [0.2, 0.25) is 5.02 Å². The number of carbonyl (C=O) groups excluding carboxylic acids is 2. The molecule has 1 atom stereocenters. The van der Waals surface area contributed by atoms with Crippen molar-refractivity contribution in [1.82, 2.24) is 15.1 Å². The van der Waals surface area contributed by atoms with Crippen LogP contribution < -0.4 is 5.32 Å². The Bertz CT molecular complexity index is 1140. The number of hydrogen-bond donors (Lipinski definition) is 1. The first-order valence-electron chi connectivity index (χ1n) is 10.5. The molecule has 0 aromatic heterocycles. The van der Waals surface area contributed by atoms with Crippen LogP contribution >= 0.6 is 11.6 Å². The molecule has 1 N–H and O–H groups in total. The van der Waals surface area contributed by atoms with Crippen LogP contribution in [0.5, 0.6) is 0 Å². The van der Waals surface area contributed by atoms with Gasteiger partial charge < -0.3 is 15.1 Å². The predicted molar refractivity (Wildman–Crippen MR) is 123 cm³/mol. The van der Waals surface area contributed by atoms with Crippen LogP contribution in [-0.4, -0.2) is 69.6 Å². The summed E-state index contributed by atoms with van der Waals surface area (Å²) in [7, 11) is -1.80. The Balaban J connectivity index is 1.40. The molecule has 9 heteroatoms. The molecule has 0 unspecified atom stereocenters. The minimum Gasteiger partial charge on any atom is -0.359 e. The van der Waals surface area contributed by atoms with Crippen molar-refractivity contribution < 1.29 is 18.0 Å². The highest BCUT2D eigenvalue weighted by Gasteiger charge is 2.38. The van der Waals surface area contributed by atoms with Crippen molar-refractivity contribution in [2.45, 2.75) is 17.2 Å². The van der Waals surface area contributed by atoms with E-state index in [2.05, 4.69) is 5.32 Å². The third-order valence-corrected chi connectivity index (χ3v) is 7.64. The highest BCUT2D eigenvalue weighted by molar-refractivity contribution is 7.90. The zero-order valence-corrected chi connectivity index (χ0v) is 19.6. The lowest BCUT2D eigenvalue weighted by molar-refractivity contribution is -0.124. The Morgan fingerprint density at radius 3 is 2.34 bits per heavy atom. The second kappa shape index (κ2) is 8.75. The molecule has 2 aromatic rings. The first kappa shape index (κ1) is 22.6. The molecule has 7 nitrogen and oxygen atoms in total. The predicted octanol–water partition coefficient (Wildman–Crippen LogP) is 3.00. The van der Waals surface area contributed by atoms with Crippen LogP contribution in [0.15, 0.2) is 47.4 Å². The number of benzene rings is 2. The summed E-state index contributed by atoms with van der Waals surface area (Å²) in [5, 5.41) is 3.03. The van der Waals surface area contributed by atoms with E-state index >= 15 is 0 Å². The van der Waals surface area contributed by atoms with E-state index in [0.717, 1.165) is 11.1 Å². The van der Waals surface area contributed by atoms with Gasteiger partial charge in [-0.1, -0.05) is 41.9 Å². The SMILES string of the molecule is CNC(=O)[C@H]1CCN(C(=O)N2CC(c3ccc(-c4ccc(Cl)cc4S(C)(=O)=O)cc3)C2)C1. The fraction of sp³-hybridized carbons (Fsp3) is 0.391. The van der Waals surface area contributed by atoms with Gasteiger partial charge >= 0.3 is 6.03 Å². The minimum atomic E-state index is -3.42. The van der Waals surface area contributed by atoms with Crippen molar-refractivity contribution in [3.63, 3.8) is 0 Å². The first-order chi connectivity index (χ1) is 15.2. The van der Waals surface area contributed by atoms with Gasteiger partial charge in [-0.25, -0.2) is 13.2 Å². The topological polar surface area (TPSA) is 86.8 Å². The number of halogens is 1. The van der Waals surface area contributed by atoms with Gasteiger partial charge in [0, 0.05) is 56.0 Å². The number of nitrogens with one attached hydrogen (secondary N) is 1. The molecule has 0 radical (unpaired) electrons. The molecule has 2 heterocycles. The van der Waals surface area contributed by atoms with Crippen LogP contribution in [0, 0.1) is 5.92 Å². The van der Waals surface area contributed by atoms with Gasteiger partial charge in [0.1, 0.15) is 0 Å². The van der Waals surface area contributed by atoms with E-state index in [4.69, 9.17) is 11.6 Å². The van der Waals surface area contributed by atoms with Gasteiger partial charge in [0.25, 0.3) is 0 Å². The number of amides is 3. The Morgan fingerprint density at radius 2 is 1.72 bits per heavy atom. The lowest BCUT2D eigenvalue weighted by atomic mass is 9.90. The molecule has 170 valence electrons. The monoisotopic (exact) mass is 475 g/mol. The summed E-state index contributed by atoms with van der Waals surface area (Å²) in [5.41, 5.74) is 2.53. The molecule has 2 saturated heterocycles. The summed E-state index contributed by atoms with van der Waals surface area (Å²) in [6, 6.07) is 12.7. The molecule has 0 saturated carbocycles. The van der Waals surface area contributed by atoms with Gasteiger partial charge in [-0.15, -0.1) is 0 Å². The maximum Gasteiger partial charge on any atom is 0.320 e. The van der Waals surface area contributed by atoms with E-state index in [1.807, 2.05) is 29.2 Å². The van der Waals surface area contributed by atoms with Crippen molar-refractivity contribution in [3.05, 3.63) is 53.1 Å². The third kappa shape index (κ3) is 4.47. The third-order valence-electron chi connectivity index (χ3n) is 6.26. The van der Waals surface area contributed by atoms with Crippen LogP contribution in [0.25, 0.3) is 11.1 Å². The summed E-state index contributed by atoms with van der Waals surface area (Å²) in [4.78, 5) is 28.3. The van der Waals surface area contributed by atoms with E-state index in [0.29, 0.717) is 43.2 Å². The van der Waals surface area contributed by atoms with Gasteiger partial charge in [-0.05, 0) is 29.7 Å². The zero-order valence-electron chi connectivity index (χ0n) is 18.0. The number of urea groups is 1. The Hall–Kier alpha value is -2.58. The normalized spacial score (nSPS) is 19.0. The van der Waals surface area contributed by atoms with E-state index in [9.17, 15) is 18.0 Å². The molecular formula is C23H26ClN3O4S. The van der Waals surface area contributed by atoms with Crippen molar-refractivity contribution in [1.29, 1.82) is 0 Å². The number of carbonyl (C=O) groups is 2. The molecule has 2 aromatic carbocycles. The Kier molecular flexibility index (Phi) is 6.18. The summed E-state index contributed by atoms with van der Waals surface area (Å²) in [6.45, 7) is 2.35. The number of rotatable bonds is 4. The van der Waals surface area contributed by atoms with E-state index < -0.39 is 9.84 Å². The summed E-state index contributed by atoms with van der Waals surface area (Å²) in [5.74, 6) is 0.102. The fourth-order valence-electron chi connectivity index (χ4n) is 4.37. The molecule has 32 heavy (non-hydrogen) atoms.